The zero-order chi connectivity index (χ0) is 17.8. The van der Waals surface area contributed by atoms with Crippen LogP contribution in [0.4, 0.5) is 0 Å². The van der Waals surface area contributed by atoms with E-state index in [0.29, 0.717) is 0 Å². The van der Waals surface area contributed by atoms with Gasteiger partial charge < -0.3 is 0 Å². The molecule has 1 aliphatic carbocycles. The van der Waals surface area contributed by atoms with Gasteiger partial charge in [0, 0.05) is 23.1 Å². The van der Waals surface area contributed by atoms with Crippen LogP contribution in [0.2, 0.25) is 0 Å². The summed E-state index contributed by atoms with van der Waals surface area (Å²) >= 11 is 0. The molecule has 1 nitrogen and oxygen atoms in total. The Bertz CT molecular complexity index is 979. The summed E-state index contributed by atoms with van der Waals surface area (Å²) in [6, 6.07) is 17.9. The highest BCUT2D eigenvalue weighted by molar-refractivity contribution is 5.93. The van der Waals surface area contributed by atoms with Crippen LogP contribution in [0.1, 0.15) is 43.0 Å². The fourth-order valence-electron chi connectivity index (χ4n) is 4.60. The smallest absolute Gasteiger partial charge is 0.201 e. The molecule has 0 bridgehead atoms. The minimum atomic E-state index is 0.0487. The van der Waals surface area contributed by atoms with E-state index >= 15 is 0 Å². The standard InChI is InChI=1S/C24H26N/c1-6-17-10-9-11-18-22-19(24(3,4)23(17)18)14-13-16(2)21(22)20-12-7-8-15-25(20)5/h7-15H,6H2,1-5H3/q+1. The van der Waals surface area contributed by atoms with Gasteiger partial charge in [0.1, 0.15) is 7.05 Å². The van der Waals surface area contributed by atoms with Crippen molar-refractivity contribution in [2.75, 3.05) is 0 Å². The van der Waals surface area contributed by atoms with Gasteiger partial charge in [-0.1, -0.05) is 51.1 Å². The number of benzene rings is 2. The van der Waals surface area contributed by atoms with Gasteiger partial charge in [-0.3, -0.25) is 0 Å². The van der Waals surface area contributed by atoms with Crippen LogP contribution < -0.4 is 4.57 Å². The molecule has 0 spiro atoms. The SMILES string of the molecule is CCc1cccc2c1C(C)(C)c1ccc(C)c(-c3cccc[n+]3C)c1-2. The van der Waals surface area contributed by atoms with E-state index in [1.807, 2.05) is 0 Å². The lowest BCUT2D eigenvalue weighted by molar-refractivity contribution is -0.660. The normalized spacial score (nSPS) is 14.3. The quantitative estimate of drug-likeness (QED) is 0.558. The van der Waals surface area contributed by atoms with Gasteiger partial charge in [-0.25, -0.2) is 4.57 Å². The molecule has 0 amide bonds. The molecule has 0 saturated heterocycles. The Balaban J connectivity index is 2.14. The summed E-state index contributed by atoms with van der Waals surface area (Å²) in [6.45, 7) is 9.25. The monoisotopic (exact) mass is 328 g/mol. The van der Waals surface area contributed by atoms with Gasteiger partial charge in [-0.15, -0.1) is 0 Å². The zero-order valence-electron chi connectivity index (χ0n) is 15.9. The van der Waals surface area contributed by atoms with E-state index < -0.39 is 0 Å². The summed E-state index contributed by atoms with van der Waals surface area (Å²) in [5.74, 6) is 0. The van der Waals surface area contributed by atoms with Crippen LogP contribution in [0.15, 0.2) is 54.7 Å². The lowest BCUT2D eigenvalue weighted by Crippen LogP contribution is -2.30. The average Bonchev–Trinajstić information content (AvgIpc) is 2.84. The molecule has 0 fully saturated rings. The Morgan fingerprint density at radius 2 is 1.72 bits per heavy atom. The third-order valence-electron chi connectivity index (χ3n) is 5.82. The lowest BCUT2D eigenvalue weighted by Gasteiger charge is -2.24. The zero-order valence-corrected chi connectivity index (χ0v) is 15.9. The van der Waals surface area contributed by atoms with Crippen LogP contribution in [0.25, 0.3) is 22.4 Å². The van der Waals surface area contributed by atoms with E-state index in [9.17, 15) is 0 Å². The Labute approximate surface area is 151 Å². The van der Waals surface area contributed by atoms with Crippen molar-refractivity contribution in [3.05, 3.63) is 77.0 Å². The predicted molar refractivity (Wildman–Crippen MR) is 105 cm³/mol. The second kappa shape index (κ2) is 5.56. The summed E-state index contributed by atoms with van der Waals surface area (Å²) < 4.78 is 2.23. The minimum Gasteiger partial charge on any atom is -0.201 e. The van der Waals surface area contributed by atoms with E-state index in [2.05, 4.69) is 94.0 Å². The van der Waals surface area contributed by atoms with E-state index in [4.69, 9.17) is 0 Å². The van der Waals surface area contributed by atoms with E-state index in [-0.39, 0.29) is 5.41 Å². The number of hydrogen-bond donors (Lipinski definition) is 0. The fourth-order valence-corrected chi connectivity index (χ4v) is 4.60. The molecule has 0 atom stereocenters. The van der Waals surface area contributed by atoms with Crippen molar-refractivity contribution >= 4 is 0 Å². The number of rotatable bonds is 2. The second-order valence-corrected chi connectivity index (χ2v) is 7.70. The van der Waals surface area contributed by atoms with E-state index in [0.717, 1.165) is 6.42 Å². The molecule has 0 radical (unpaired) electrons. The highest BCUT2D eigenvalue weighted by Crippen LogP contribution is 2.53. The first kappa shape index (κ1) is 16.1. The number of fused-ring (bicyclic) bond motifs is 3. The van der Waals surface area contributed by atoms with Crippen molar-refractivity contribution in [2.45, 2.75) is 39.5 Å². The molecule has 2 aromatic carbocycles. The highest BCUT2D eigenvalue weighted by Gasteiger charge is 2.39. The molecule has 0 N–H and O–H groups in total. The number of pyridine rings is 1. The topological polar surface area (TPSA) is 3.88 Å². The molecule has 126 valence electrons. The van der Waals surface area contributed by atoms with Crippen molar-refractivity contribution in [1.82, 2.24) is 0 Å². The first-order valence-corrected chi connectivity index (χ1v) is 9.18. The Kier molecular flexibility index (Phi) is 3.57. The van der Waals surface area contributed by atoms with Gasteiger partial charge in [0.2, 0.25) is 5.69 Å². The van der Waals surface area contributed by atoms with Crippen LogP contribution in [-0.4, -0.2) is 0 Å². The molecule has 1 heterocycles. The van der Waals surface area contributed by atoms with E-state index in [1.54, 1.807) is 0 Å². The van der Waals surface area contributed by atoms with Crippen LogP contribution in [-0.2, 0) is 18.9 Å². The summed E-state index contributed by atoms with van der Waals surface area (Å²) in [7, 11) is 2.14. The van der Waals surface area contributed by atoms with Gasteiger partial charge in [0.15, 0.2) is 6.20 Å². The molecule has 1 aromatic heterocycles. The number of aryl methyl sites for hydroxylation is 3. The molecular weight excluding hydrogens is 302 g/mol. The molecule has 0 unspecified atom stereocenters. The maximum atomic E-state index is 2.38. The molecule has 1 heteroatoms. The maximum Gasteiger partial charge on any atom is 0.213 e. The average molecular weight is 328 g/mol. The summed E-state index contributed by atoms with van der Waals surface area (Å²) in [4.78, 5) is 0. The lowest BCUT2D eigenvalue weighted by atomic mass is 9.79. The predicted octanol–water partition coefficient (Wildman–Crippen LogP) is 5.36. The summed E-state index contributed by atoms with van der Waals surface area (Å²) in [5.41, 5.74) is 11.3. The van der Waals surface area contributed by atoms with Gasteiger partial charge in [-0.2, -0.15) is 0 Å². The summed E-state index contributed by atoms with van der Waals surface area (Å²) in [6.07, 6.45) is 3.21. The minimum absolute atomic E-state index is 0.0487. The number of aromatic nitrogens is 1. The van der Waals surface area contributed by atoms with Crippen molar-refractivity contribution in [3.63, 3.8) is 0 Å². The number of hydrogen-bond acceptors (Lipinski definition) is 0. The van der Waals surface area contributed by atoms with Crippen LogP contribution in [0.3, 0.4) is 0 Å². The largest absolute Gasteiger partial charge is 0.213 e. The Hall–Kier alpha value is -2.41. The molecule has 25 heavy (non-hydrogen) atoms. The van der Waals surface area contributed by atoms with E-state index in [1.165, 1.54) is 44.6 Å². The van der Waals surface area contributed by atoms with Crippen LogP contribution in [0, 0.1) is 6.92 Å². The fraction of sp³-hybridized carbons (Fsp3) is 0.292. The Morgan fingerprint density at radius 1 is 0.920 bits per heavy atom. The third-order valence-corrected chi connectivity index (χ3v) is 5.82. The highest BCUT2D eigenvalue weighted by atomic mass is 14.9. The van der Waals surface area contributed by atoms with Gasteiger partial charge in [0.25, 0.3) is 0 Å². The third kappa shape index (κ3) is 2.18. The number of nitrogens with zero attached hydrogens (tertiary/aromatic N) is 1. The molecular formula is C24H26N+. The first-order chi connectivity index (χ1) is 12.0. The first-order valence-electron chi connectivity index (χ1n) is 9.18. The molecule has 0 saturated carbocycles. The van der Waals surface area contributed by atoms with Crippen LogP contribution >= 0.6 is 0 Å². The molecule has 0 aliphatic heterocycles. The second-order valence-electron chi connectivity index (χ2n) is 7.70. The Morgan fingerprint density at radius 3 is 2.44 bits per heavy atom. The molecule has 1 aliphatic rings. The molecule has 4 rings (SSSR count). The van der Waals surface area contributed by atoms with Crippen molar-refractivity contribution in [1.29, 1.82) is 0 Å². The van der Waals surface area contributed by atoms with Crippen molar-refractivity contribution < 1.29 is 4.57 Å². The van der Waals surface area contributed by atoms with Crippen molar-refractivity contribution in [3.8, 4) is 22.4 Å². The maximum absolute atomic E-state index is 2.38. The van der Waals surface area contributed by atoms with Crippen LogP contribution in [0.5, 0.6) is 0 Å². The van der Waals surface area contributed by atoms with Gasteiger partial charge >= 0.3 is 0 Å². The van der Waals surface area contributed by atoms with Gasteiger partial charge in [0.05, 0.1) is 5.56 Å². The molecule has 3 aromatic rings. The van der Waals surface area contributed by atoms with Crippen molar-refractivity contribution in [2.24, 2.45) is 7.05 Å². The summed E-state index contributed by atoms with van der Waals surface area (Å²) in [5, 5.41) is 0. The van der Waals surface area contributed by atoms with Gasteiger partial charge in [-0.05, 0) is 47.2 Å².